The maximum Gasteiger partial charge on any atom is 0.0863 e. The van der Waals surface area contributed by atoms with Crippen molar-refractivity contribution in [1.82, 2.24) is 0 Å². The Bertz CT molecular complexity index is 527. The second-order valence-electron chi connectivity index (χ2n) is 5.59. The standard InChI is InChI=1S/C20H26O3/c1-2-19(22-15-17-9-5-3-6-10-17)20(13-14-21)23-16-18-11-7-4-8-12-18/h3-12,19-21H,2,13-16H2,1H3/t19-,20-/m1/s1. The lowest BCUT2D eigenvalue weighted by atomic mass is 10.1. The predicted molar refractivity (Wildman–Crippen MR) is 92.0 cm³/mol. The molecule has 2 rings (SSSR count). The van der Waals surface area contributed by atoms with Crippen LogP contribution in [0.25, 0.3) is 0 Å². The third-order valence-corrected chi connectivity index (χ3v) is 3.84. The van der Waals surface area contributed by atoms with Crippen LogP contribution in [0.2, 0.25) is 0 Å². The molecule has 2 atom stereocenters. The van der Waals surface area contributed by atoms with Crippen LogP contribution in [0, 0.1) is 0 Å². The lowest BCUT2D eigenvalue weighted by molar-refractivity contribution is -0.0938. The second kappa shape index (κ2) is 10.2. The minimum Gasteiger partial charge on any atom is -0.396 e. The molecule has 2 aromatic carbocycles. The first-order valence-electron chi connectivity index (χ1n) is 8.25. The smallest absolute Gasteiger partial charge is 0.0863 e. The molecule has 0 aliphatic heterocycles. The molecule has 0 aliphatic rings. The Hall–Kier alpha value is -1.68. The Morgan fingerprint density at radius 3 is 1.70 bits per heavy atom. The van der Waals surface area contributed by atoms with Crippen molar-refractivity contribution in [3.63, 3.8) is 0 Å². The summed E-state index contributed by atoms with van der Waals surface area (Å²) in [6, 6.07) is 20.2. The molecule has 0 saturated carbocycles. The summed E-state index contributed by atoms with van der Waals surface area (Å²) in [6.07, 6.45) is 1.31. The third-order valence-electron chi connectivity index (χ3n) is 3.84. The van der Waals surface area contributed by atoms with E-state index in [-0.39, 0.29) is 18.8 Å². The van der Waals surface area contributed by atoms with Gasteiger partial charge < -0.3 is 14.6 Å². The fourth-order valence-corrected chi connectivity index (χ4v) is 2.55. The summed E-state index contributed by atoms with van der Waals surface area (Å²) in [6.45, 7) is 3.29. The highest BCUT2D eigenvalue weighted by atomic mass is 16.5. The number of hydrogen-bond donors (Lipinski definition) is 1. The highest BCUT2D eigenvalue weighted by Crippen LogP contribution is 2.16. The molecule has 0 unspecified atom stereocenters. The van der Waals surface area contributed by atoms with Gasteiger partial charge >= 0.3 is 0 Å². The van der Waals surface area contributed by atoms with Gasteiger partial charge in [0.1, 0.15) is 0 Å². The average Bonchev–Trinajstić information content (AvgIpc) is 2.62. The first-order chi connectivity index (χ1) is 11.3. The molecule has 0 spiro atoms. The molecule has 124 valence electrons. The Balaban J connectivity index is 1.90. The van der Waals surface area contributed by atoms with Crippen LogP contribution in [0.1, 0.15) is 30.9 Å². The zero-order valence-corrected chi connectivity index (χ0v) is 13.7. The Labute approximate surface area is 138 Å². The maximum atomic E-state index is 9.33. The number of hydrogen-bond acceptors (Lipinski definition) is 3. The SMILES string of the molecule is CC[C@@H](OCc1ccccc1)[C@@H](CCO)OCc1ccccc1. The van der Waals surface area contributed by atoms with E-state index in [1.54, 1.807) is 0 Å². The molecule has 0 heterocycles. The molecule has 1 N–H and O–H groups in total. The topological polar surface area (TPSA) is 38.7 Å². The van der Waals surface area contributed by atoms with Crippen LogP contribution in [0.4, 0.5) is 0 Å². The summed E-state index contributed by atoms with van der Waals surface area (Å²) >= 11 is 0. The Morgan fingerprint density at radius 2 is 1.26 bits per heavy atom. The number of ether oxygens (including phenoxy) is 2. The van der Waals surface area contributed by atoms with E-state index in [2.05, 4.69) is 19.1 Å². The van der Waals surface area contributed by atoms with Crippen LogP contribution in [-0.4, -0.2) is 23.9 Å². The van der Waals surface area contributed by atoms with E-state index >= 15 is 0 Å². The minimum absolute atomic E-state index is 0.0222. The van der Waals surface area contributed by atoms with E-state index < -0.39 is 0 Å². The number of rotatable bonds is 10. The molecule has 3 heteroatoms. The zero-order valence-electron chi connectivity index (χ0n) is 13.7. The lowest BCUT2D eigenvalue weighted by Crippen LogP contribution is -2.32. The van der Waals surface area contributed by atoms with Gasteiger partial charge in [-0.3, -0.25) is 0 Å². The van der Waals surface area contributed by atoms with Crippen molar-refractivity contribution in [2.45, 2.75) is 45.2 Å². The Morgan fingerprint density at radius 1 is 0.783 bits per heavy atom. The van der Waals surface area contributed by atoms with Gasteiger partial charge in [-0.25, -0.2) is 0 Å². The van der Waals surface area contributed by atoms with Crippen molar-refractivity contribution < 1.29 is 14.6 Å². The van der Waals surface area contributed by atoms with E-state index in [0.717, 1.165) is 17.5 Å². The normalized spacial score (nSPS) is 13.7. The molecule has 0 aromatic heterocycles. The molecule has 0 fully saturated rings. The van der Waals surface area contributed by atoms with Gasteiger partial charge in [-0.05, 0) is 24.0 Å². The number of benzene rings is 2. The Kier molecular flexibility index (Phi) is 7.81. The molecule has 0 amide bonds. The molecule has 2 aromatic rings. The average molecular weight is 314 g/mol. The van der Waals surface area contributed by atoms with Gasteiger partial charge in [-0.15, -0.1) is 0 Å². The van der Waals surface area contributed by atoms with E-state index in [9.17, 15) is 5.11 Å². The summed E-state index contributed by atoms with van der Waals surface area (Å²) in [4.78, 5) is 0. The van der Waals surface area contributed by atoms with Crippen LogP contribution >= 0.6 is 0 Å². The highest BCUT2D eigenvalue weighted by Gasteiger charge is 2.21. The number of aliphatic hydroxyl groups excluding tert-OH is 1. The van der Waals surface area contributed by atoms with Crippen LogP contribution in [0.5, 0.6) is 0 Å². The van der Waals surface area contributed by atoms with Crippen LogP contribution in [0.3, 0.4) is 0 Å². The van der Waals surface area contributed by atoms with Crippen molar-refractivity contribution in [2.24, 2.45) is 0 Å². The second-order valence-corrected chi connectivity index (χ2v) is 5.59. The van der Waals surface area contributed by atoms with Gasteiger partial charge in [0.05, 0.1) is 25.4 Å². The van der Waals surface area contributed by atoms with Gasteiger partial charge in [0.25, 0.3) is 0 Å². The lowest BCUT2D eigenvalue weighted by Gasteiger charge is -2.26. The molecular weight excluding hydrogens is 288 g/mol. The molecule has 3 nitrogen and oxygen atoms in total. The largest absolute Gasteiger partial charge is 0.396 e. The highest BCUT2D eigenvalue weighted by molar-refractivity contribution is 5.14. The monoisotopic (exact) mass is 314 g/mol. The van der Waals surface area contributed by atoms with Gasteiger partial charge in [-0.2, -0.15) is 0 Å². The molecule has 0 radical (unpaired) electrons. The maximum absolute atomic E-state index is 9.33. The molecule has 0 aliphatic carbocycles. The van der Waals surface area contributed by atoms with Crippen molar-refractivity contribution in [3.05, 3.63) is 71.8 Å². The quantitative estimate of drug-likeness (QED) is 0.721. The first-order valence-corrected chi connectivity index (χ1v) is 8.25. The summed E-state index contributed by atoms with van der Waals surface area (Å²) in [5, 5.41) is 9.33. The fourth-order valence-electron chi connectivity index (χ4n) is 2.55. The third kappa shape index (κ3) is 6.14. The van der Waals surface area contributed by atoms with Gasteiger partial charge in [0.15, 0.2) is 0 Å². The summed E-state index contributed by atoms with van der Waals surface area (Å²) < 4.78 is 12.1. The molecule has 0 bridgehead atoms. The van der Waals surface area contributed by atoms with Crippen LogP contribution < -0.4 is 0 Å². The van der Waals surface area contributed by atoms with E-state index in [4.69, 9.17) is 9.47 Å². The zero-order chi connectivity index (χ0) is 16.3. The first kappa shape index (κ1) is 17.7. The van der Waals surface area contributed by atoms with Crippen LogP contribution in [-0.2, 0) is 22.7 Å². The van der Waals surface area contributed by atoms with Gasteiger partial charge in [0, 0.05) is 6.61 Å². The number of aliphatic hydroxyl groups is 1. The molecule has 23 heavy (non-hydrogen) atoms. The fraction of sp³-hybridized carbons (Fsp3) is 0.400. The predicted octanol–water partition coefficient (Wildman–Crippen LogP) is 3.95. The van der Waals surface area contributed by atoms with Gasteiger partial charge in [0.2, 0.25) is 0 Å². The van der Waals surface area contributed by atoms with E-state index in [1.807, 2.05) is 48.5 Å². The van der Waals surface area contributed by atoms with Crippen molar-refractivity contribution >= 4 is 0 Å². The van der Waals surface area contributed by atoms with Gasteiger partial charge in [-0.1, -0.05) is 67.6 Å². The van der Waals surface area contributed by atoms with E-state index in [0.29, 0.717) is 19.6 Å². The van der Waals surface area contributed by atoms with Crippen molar-refractivity contribution in [2.75, 3.05) is 6.61 Å². The van der Waals surface area contributed by atoms with Crippen LogP contribution in [0.15, 0.2) is 60.7 Å². The minimum atomic E-state index is -0.103. The molecular formula is C20H26O3. The molecule has 0 saturated heterocycles. The summed E-state index contributed by atoms with van der Waals surface area (Å²) in [5.74, 6) is 0. The summed E-state index contributed by atoms with van der Waals surface area (Å²) in [5.41, 5.74) is 2.28. The van der Waals surface area contributed by atoms with Crippen molar-refractivity contribution in [3.8, 4) is 0 Å². The summed E-state index contributed by atoms with van der Waals surface area (Å²) in [7, 11) is 0. The van der Waals surface area contributed by atoms with E-state index in [1.165, 1.54) is 0 Å². The van der Waals surface area contributed by atoms with Crippen molar-refractivity contribution in [1.29, 1.82) is 0 Å².